The summed E-state index contributed by atoms with van der Waals surface area (Å²) in [6.45, 7) is 14.7. The fourth-order valence-electron chi connectivity index (χ4n) is 2.19. The smallest absolute Gasteiger partial charge is 0.412 e. The summed E-state index contributed by atoms with van der Waals surface area (Å²) in [4.78, 5) is 0. The molecule has 1 atom stereocenters. The van der Waals surface area contributed by atoms with E-state index in [0.29, 0.717) is 17.7 Å². The Hall–Kier alpha value is -0.950. The molecule has 1 aliphatic rings. The monoisotopic (exact) mass is 296 g/mol. The van der Waals surface area contributed by atoms with Gasteiger partial charge in [-0.05, 0) is 22.5 Å². The van der Waals surface area contributed by atoms with Crippen LogP contribution < -0.4 is 9.05 Å². The normalized spacial score (nSPS) is 22.1. The molecule has 4 heteroatoms. The highest BCUT2D eigenvalue weighted by atomic mass is 31.2. The van der Waals surface area contributed by atoms with Crippen molar-refractivity contribution in [2.75, 3.05) is 6.16 Å². The first-order chi connectivity index (χ1) is 8.96. The Morgan fingerprint density at radius 3 is 2.05 bits per heavy atom. The van der Waals surface area contributed by atoms with Crippen molar-refractivity contribution < 1.29 is 13.6 Å². The average Bonchev–Trinajstić information content (AvgIpc) is 2.62. The second-order valence-electron chi connectivity index (χ2n) is 7.46. The molecule has 0 spiro atoms. The lowest BCUT2D eigenvalue weighted by molar-refractivity contribution is 0.429. The molecule has 0 N–H and O–H groups in total. The molecule has 112 valence electrons. The van der Waals surface area contributed by atoms with Crippen molar-refractivity contribution in [2.45, 2.75) is 59.3 Å². The maximum absolute atomic E-state index is 12.4. The van der Waals surface area contributed by atoms with E-state index in [9.17, 15) is 4.57 Å². The Bertz CT molecular complexity index is 577. The molecule has 1 heterocycles. The number of benzene rings is 1. The molecule has 2 rings (SSSR count). The van der Waals surface area contributed by atoms with Crippen molar-refractivity contribution in [3.63, 3.8) is 0 Å². The minimum atomic E-state index is -3.00. The summed E-state index contributed by atoms with van der Waals surface area (Å²) in [5.41, 5.74) is 2.16. The van der Waals surface area contributed by atoms with Crippen molar-refractivity contribution >= 4 is 7.60 Å². The number of hydrogen-bond acceptors (Lipinski definition) is 3. The first-order valence-electron chi connectivity index (χ1n) is 7.13. The van der Waals surface area contributed by atoms with Gasteiger partial charge in [-0.3, -0.25) is 0 Å². The molecule has 1 aromatic carbocycles. The summed E-state index contributed by atoms with van der Waals surface area (Å²) in [5, 5.41) is 0. The van der Waals surface area contributed by atoms with Crippen molar-refractivity contribution in [1.29, 1.82) is 0 Å². The lowest BCUT2D eigenvalue weighted by Crippen LogP contribution is -2.16. The van der Waals surface area contributed by atoms with Gasteiger partial charge in [-0.25, -0.2) is 4.57 Å². The van der Waals surface area contributed by atoms with E-state index in [0.717, 1.165) is 5.56 Å². The third kappa shape index (κ3) is 2.74. The third-order valence-corrected chi connectivity index (χ3v) is 5.29. The summed E-state index contributed by atoms with van der Waals surface area (Å²) in [6, 6.07) is 4.13. The molecule has 0 amide bonds. The van der Waals surface area contributed by atoms with Crippen molar-refractivity contribution in [1.82, 2.24) is 0 Å². The van der Waals surface area contributed by atoms with Gasteiger partial charge in [-0.2, -0.15) is 0 Å². The second-order valence-corrected chi connectivity index (χ2v) is 9.68. The fraction of sp³-hybridized carbons (Fsp3) is 0.625. The van der Waals surface area contributed by atoms with E-state index in [1.54, 1.807) is 0 Å². The minimum absolute atomic E-state index is 0.0111. The Labute approximate surface area is 122 Å². The van der Waals surface area contributed by atoms with Gasteiger partial charge in [-0.15, -0.1) is 0 Å². The van der Waals surface area contributed by atoms with Crippen LogP contribution in [0.5, 0.6) is 11.5 Å². The third-order valence-electron chi connectivity index (χ3n) is 3.58. The van der Waals surface area contributed by atoms with E-state index in [4.69, 9.17) is 9.05 Å². The van der Waals surface area contributed by atoms with Crippen LogP contribution >= 0.6 is 7.60 Å². The van der Waals surface area contributed by atoms with Gasteiger partial charge in [0, 0.05) is 5.56 Å². The molecule has 0 saturated heterocycles. The van der Waals surface area contributed by atoms with Crippen LogP contribution in [0.1, 0.15) is 59.6 Å². The van der Waals surface area contributed by atoms with Gasteiger partial charge in [0.25, 0.3) is 0 Å². The van der Waals surface area contributed by atoms with Gasteiger partial charge >= 0.3 is 7.60 Å². The Morgan fingerprint density at radius 1 is 1.00 bits per heavy atom. The van der Waals surface area contributed by atoms with Crippen LogP contribution in [0.25, 0.3) is 0 Å². The summed E-state index contributed by atoms with van der Waals surface area (Å²) in [7, 11) is -3.00. The van der Waals surface area contributed by atoms with Crippen LogP contribution in [-0.2, 0) is 15.4 Å². The fourth-order valence-corrected chi connectivity index (χ4v) is 3.39. The summed E-state index contributed by atoms with van der Waals surface area (Å²) in [5.74, 6) is 1.29. The highest BCUT2D eigenvalue weighted by Crippen LogP contribution is 2.61. The van der Waals surface area contributed by atoms with Crippen molar-refractivity contribution in [3.8, 4) is 11.5 Å². The topological polar surface area (TPSA) is 35.5 Å². The molecule has 0 radical (unpaired) electrons. The first-order valence-corrected chi connectivity index (χ1v) is 8.86. The SMILES string of the molecule is CCP1(=O)Oc2cc(C(C)(C)C)cc(C(C)(C)C)c2O1. The summed E-state index contributed by atoms with van der Waals surface area (Å²) < 4.78 is 23.8. The van der Waals surface area contributed by atoms with Crippen molar-refractivity contribution in [2.24, 2.45) is 0 Å². The van der Waals surface area contributed by atoms with Gasteiger partial charge in [0.15, 0.2) is 11.5 Å². The van der Waals surface area contributed by atoms with E-state index in [1.807, 2.05) is 13.0 Å². The van der Waals surface area contributed by atoms with Crippen LogP contribution in [-0.4, -0.2) is 6.16 Å². The van der Waals surface area contributed by atoms with Gasteiger partial charge in [-0.1, -0.05) is 54.5 Å². The molecule has 0 fully saturated rings. The van der Waals surface area contributed by atoms with Crippen LogP contribution in [0.15, 0.2) is 12.1 Å². The zero-order chi connectivity index (χ0) is 15.3. The van der Waals surface area contributed by atoms with E-state index < -0.39 is 7.60 Å². The molecule has 1 aromatic rings. The predicted molar refractivity (Wildman–Crippen MR) is 83.2 cm³/mol. The number of rotatable bonds is 1. The zero-order valence-electron chi connectivity index (χ0n) is 13.5. The lowest BCUT2D eigenvalue weighted by Gasteiger charge is -2.25. The number of hydrogen-bond donors (Lipinski definition) is 0. The Kier molecular flexibility index (Phi) is 3.49. The summed E-state index contributed by atoms with van der Waals surface area (Å²) >= 11 is 0. The van der Waals surface area contributed by atoms with E-state index in [-0.39, 0.29) is 10.8 Å². The van der Waals surface area contributed by atoms with Gasteiger partial charge in [0.2, 0.25) is 0 Å². The Balaban J connectivity index is 2.65. The van der Waals surface area contributed by atoms with Crippen molar-refractivity contribution in [3.05, 3.63) is 23.3 Å². The maximum Gasteiger partial charge on any atom is 0.430 e. The average molecular weight is 296 g/mol. The van der Waals surface area contributed by atoms with E-state index in [1.165, 1.54) is 5.56 Å². The maximum atomic E-state index is 12.4. The van der Waals surface area contributed by atoms with Crippen LogP contribution in [0.4, 0.5) is 0 Å². The lowest BCUT2D eigenvalue weighted by atomic mass is 9.80. The van der Waals surface area contributed by atoms with Crippen LogP contribution in [0, 0.1) is 0 Å². The molecule has 0 bridgehead atoms. The van der Waals surface area contributed by atoms with Gasteiger partial charge < -0.3 is 9.05 Å². The molecule has 3 nitrogen and oxygen atoms in total. The predicted octanol–water partition coefficient (Wildman–Crippen LogP) is 5.27. The molecule has 1 unspecified atom stereocenters. The zero-order valence-corrected chi connectivity index (χ0v) is 14.4. The van der Waals surface area contributed by atoms with Gasteiger partial charge in [0.1, 0.15) is 0 Å². The second kappa shape index (κ2) is 4.53. The van der Waals surface area contributed by atoms with E-state index >= 15 is 0 Å². The molecule has 0 aromatic heterocycles. The standard InChI is InChI=1S/C16H25O3P/c1-8-20(17)18-13-10-11(15(2,3)4)9-12(14(13)19-20)16(5,6)7/h9-10H,8H2,1-7H3. The van der Waals surface area contributed by atoms with Crippen LogP contribution in [0.2, 0.25) is 0 Å². The largest absolute Gasteiger partial charge is 0.430 e. The number of fused-ring (bicyclic) bond motifs is 1. The first kappa shape index (κ1) is 15.4. The molecule has 0 saturated carbocycles. The summed E-state index contributed by atoms with van der Waals surface area (Å²) in [6.07, 6.45) is 0.385. The Morgan fingerprint density at radius 2 is 1.60 bits per heavy atom. The van der Waals surface area contributed by atoms with E-state index in [2.05, 4.69) is 47.6 Å². The highest BCUT2D eigenvalue weighted by molar-refractivity contribution is 7.55. The highest BCUT2D eigenvalue weighted by Gasteiger charge is 2.39. The molecular weight excluding hydrogens is 271 g/mol. The quantitative estimate of drug-likeness (QED) is 0.663. The van der Waals surface area contributed by atoms with Gasteiger partial charge in [0.05, 0.1) is 6.16 Å². The molecule has 0 aliphatic carbocycles. The minimum Gasteiger partial charge on any atom is -0.412 e. The molecular formula is C16H25O3P. The van der Waals surface area contributed by atoms with Crippen LogP contribution in [0.3, 0.4) is 0 Å². The molecule has 20 heavy (non-hydrogen) atoms. The molecule has 1 aliphatic heterocycles.